The molecule has 0 aliphatic carbocycles. The molecule has 1 N–H and O–H groups in total. The van der Waals surface area contributed by atoms with Crippen LogP contribution in [0, 0.1) is 6.92 Å². The molecule has 0 aliphatic rings. The third-order valence-electron chi connectivity index (χ3n) is 3.69. The van der Waals surface area contributed by atoms with Crippen LogP contribution in [0.15, 0.2) is 52.9 Å². The normalized spacial score (nSPS) is 14.4. The molecule has 1 heterocycles. The molecule has 3 aromatic rings. The van der Waals surface area contributed by atoms with E-state index in [9.17, 15) is 5.11 Å². The van der Waals surface area contributed by atoms with Gasteiger partial charge in [0.05, 0.1) is 0 Å². The predicted octanol–water partition coefficient (Wildman–Crippen LogP) is 4.65. The first-order chi connectivity index (χ1) is 9.50. The predicted molar refractivity (Wildman–Crippen MR) is 81.1 cm³/mol. The van der Waals surface area contributed by atoms with Crippen LogP contribution < -0.4 is 0 Å². The fraction of sp³-hybridized carbons (Fsp3) is 0.176. The molecule has 3 rings (SSSR count). The molecular formula is C17H15ClO2. The van der Waals surface area contributed by atoms with Crippen LogP contribution in [0.2, 0.25) is 5.02 Å². The molecule has 0 aliphatic heterocycles. The van der Waals surface area contributed by atoms with Gasteiger partial charge in [-0.3, -0.25) is 0 Å². The molecule has 20 heavy (non-hydrogen) atoms. The van der Waals surface area contributed by atoms with Crippen molar-refractivity contribution in [2.75, 3.05) is 0 Å². The van der Waals surface area contributed by atoms with Crippen molar-refractivity contribution in [2.24, 2.45) is 0 Å². The van der Waals surface area contributed by atoms with Gasteiger partial charge in [0, 0.05) is 16.0 Å². The van der Waals surface area contributed by atoms with E-state index in [2.05, 4.69) is 0 Å². The Labute approximate surface area is 122 Å². The molecule has 0 spiro atoms. The fourth-order valence-corrected chi connectivity index (χ4v) is 2.67. The largest absolute Gasteiger partial charge is 0.457 e. The third-order valence-corrected chi connectivity index (χ3v) is 3.94. The molecule has 0 radical (unpaired) electrons. The molecule has 3 heteroatoms. The minimum Gasteiger partial charge on any atom is -0.457 e. The van der Waals surface area contributed by atoms with E-state index in [-0.39, 0.29) is 0 Å². The molecule has 0 bridgehead atoms. The lowest BCUT2D eigenvalue weighted by atomic mass is 9.91. The number of aliphatic hydroxyl groups is 1. The van der Waals surface area contributed by atoms with Crippen LogP contribution in [-0.4, -0.2) is 5.11 Å². The lowest BCUT2D eigenvalue weighted by Gasteiger charge is -2.22. The van der Waals surface area contributed by atoms with Crippen molar-refractivity contribution in [3.63, 3.8) is 0 Å². The molecule has 0 saturated heterocycles. The van der Waals surface area contributed by atoms with Gasteiger partial charge in [-0.1, -0.05) is 41.9 Å². The minimum atomic E-state index is -1.19. The van der Waals surface area contributed by atoms with Crippen molar-refractivity contribution in [1.82, 2.24) is 0 Å². The van der Waals surface area contributed by atoms with Crippen LogP contribution in [0.5, 0.6) is 0 Å². The average molecular weight is 287 g/mol. The van der Waals surface area contributed by atoms with Crippen LogP contribution in [0.3, 0.4) is 0 Å². The second kappa shape index (κ2) is 4.65. The highest BCUT2D eigenvalue weighted by molar-refractivity contribution is 6.30. The zero-order chi connectivity index (χ0) is 14.3. The standard InChI is InChI=1S/C17H15ClO2/c1-11-14-5-3-4-6-15(14)20-16(11)17(2,19)12-7-9-13(18)10-8-12/h3-10,19H,1-2H3. The van der Waals surface area contributed by atoms with Crippen molar-refractivity contribution in [1.29, 1.82) is 0 Å². The summed E-state index contributed by atoms with van der Waals surface area (Å²) in [5.41, 5.74) is 1.31. The van der Waals surface area contributed by atoms with Crippen LogP contribution >= 0.6 is 11.6 Å². The van der Waals surface area contributed by atoms with Gasteiger partial charge >= 0.3 is 0 Å². The summed E-state index contributed by atoms with van der Waals surface area (Å²) in [6, 6.07) is 15.0. The van der Waals surface area contributed by atoms with E-state index in [1.807, 2.05) is 43.3 Å². The summed E-state index contributed by atoms with van der Waals surface area (Å²) < 4.78 is 5.87. The van der Waals surface area contributed by atoms with E-state index in [0.717, 1.165) is 22.1 Å². The number of hydrogen-bond acceptors (Lipinski definition) is 2. The monoisotopic (exact) mass is 286 g/mol. The number of halogens is 1. The molecule has 0 saturated carbocycles. The maximum atomic E-state index is 10.9. The number of furan rings is 1. The highest BCUT2D eigenvalue weighted by atomic mass is 35.5. The highest BCUT2D eigenvalue weighted by Gasteiger charge is 2.32. The summed E-state index contributed by atoms with van der Waals surface area (Å²) in [6.45, 7) is 3.70. The van der Waals surface area contributed by atoms with Crippen LogP contribution in [0.1, 0.15) is 23.8 Å². The fourth-order valence-electron chi connectivity index (χ4n) is 2.54. The Bertz CT molecular complexity index is 754. The summed E-state index contributed by atoms with van der Waals surface area (Å²) in [4.78, 5) is 0. The molecule has 102 valence electrons. The Morgan fingerprint density at radius 2 is 1.70 bits per heavy atom. The van der Waals surface area contributed by atoms with Gasteiger partial charge in [-0.05, 0) is 37.6 Å². The second-order valence-corrected chi connectivity index (χ2v) is 5.57. The maximum Gasteiger partial charge on any atom is 0.144 e. The Hall–Kier alpha value is -1.77. The van der Waals surface area contributed by atoms with E-state index >= 15 is 0 Å². The smallest absolute Gasteiger partial charge is 0.144 e. The zero-order valence-corrected chi connectivity index (χ0v) is 12.1. The second-order valence-electron chi connectivity index (χ2n) is 5.13. The van der Waals surface area contributed by atoms with Crippen LogP contribution in [-0.2, 0) is 5.60 Å². The molecule has 1 aromatic heterocycles. The van der Waals surface area contributed by atoms with Gasteiger partial charge in [0.2, 0.25) is 0 Å². The van der Waals surface area contributed by atoms with E-state index < -0.39 is 5.60 Å². The quantitative estimate of drug-likeness (QED) is 0.744. The average Bonchev–Trinajstić information content (AvgIpc) is 2.78. The van der Waals surface area contributed by atoms with Gasteiger partial charge in [0.15, 0.2) is 0 Å². The van der Waals surface area contributed by atoms with E-state index in [0.29, 0.717) is 10.8 Å². The van der Waals surface area contributed by atoms with Crippen LogP contribution in [0.4, 0.5) is 0 Å². The first-order valence-electron chi connectivity index (χ1n) is 6.47. The Morgan fingerprint density at radius 1 is 1.05 bits per heavy atom. The summed E-state index contributed by atoms with van der Waals surface area (Å²) in [6.07, 6.45) is 0. The first-order valence-corrected chi connectivity index (χ1v) is 6.85. The summed E-state index contributed by atoms with van der Waals surface area (Å²) >= 11 is 5.90. The van der Waals surface area contributed by atoms with E-state index in [4.69, 9.17) is 16.0 Å². The van der Waals surface area contributed by atoms with Gasteiger partial charge < -0.3 is 9.52 Å². The number of hydrogen-bond donors (Lipinski definition) is 1. The number of para-hydroxylation sites is 1. The van der Waals surface area contributed by atoms with E-state index in [1.165, 1.54) is 0 Å². The van der Waals surface area contributed by atoms with Crippen molar-refractivity contribution < 1.29 is 9.52 Å². The highest BCUT2D eigenvalue weighted by Crippen LogP contribution is 2.37. The van der Waals surface area contributed by atoms with Gasteiger partial charge in [-0.15, -0.1) is 0 Å². The zero-order valence-electron chi connectivity index (χ0n) is 11.4. The van der Waals surface area contributed by atoms with Gasteiger partial charge in [0.25, 0.3) is 0 Å². The third kappa shape index (κ3) is 2.01. The first kappa shape index (κ1) is 13.2. The summed E-state index contributed by atoms with van der Waals surface area (Å²) in [7, 11) is 0. The molecule has 2 aromatic carbocycles. The van der Waals surface area contributed by atoms with Gasteiger partial charge in [0.1, 0.15) is 16.9 Å². The Morgan fingerprint density at radius 3 is 2.35 bits per heavy atom. The lowest BCUT2D eigenvalue weighted by molar-refractivity contribution is 0.0778. The summed E-state index contributed by atoms with van der Waals surface area (Å²) in [5, 5.41) is 12.6. The van der Waals surface area contributed by atoms with Crippen LogP contribution in [0.25, 0.3) is 11.0 Å². The number of rotatable bonds is 2. The van der Waals surface area contributed by atoms with E-state index in [1.54, 1.807) is 19.1 Å². The Balaban J connectivity index is 2.18. The summed E-state index contributed by atoms with van der Waals surface area (Å²) in [5.74, 6) is 0.570. The van der Waals surface area contributed by atoms with Crippen molar-refractivity contribution >= 4 is 22.6 Å². The Kier molecular flexibility index (Phi) is 3.08. The van der Waals surface area contributed by atoms with Crippen molar-refractivity contribution in [3.8, 4) is 0 Å². The lowest BCUT2D eigenvalue weighted by Crippen LogP contribution is -2.22. The molecule has 1 unspecified atom stereocenters. The van der Waals surface area contributed by atoms with Crippen molar-refractivity contribution in [2.45, 2.75) is 19.4 Å². The maximum absolute atomic E-state index is 10.9. The number of fused-ring (bicyclic) bond motifs is 1. The number of aryl methyl sites for hydroxylation is 1. The van der Waals surface area contributed by atoms with Gasteiger partial charge in [-0.2, -0.15) is 0 Å². The molecule has 0 amide bonds. The van der Waals surface area contributed by atoms with Gasteiger partial charge in [-0.25, -0.2) is 0 Å². The SMILES string of the molecule is Cc1c(C(C)(O)c2ccc(Cl)cc2)oc2ccccc12. The number of benzene rings is 2. The molecule has 1 atom stereocenters. The minimum absolute atomic E-state index is 0.570. The van der Waals surface area contributed by atoms with Crippen molar-refractivity contribution in [3.05, 3.63) is 70.4 Å². The molecule has 2 nitrogen and oxygen atoms in total. The molecule has 0 fully saturated rings. The topological polar surface area (TPSA) is 33.4 Å². The molecular weight excluding hydrogens is 272 g/mol.